The van der Waals surface area contributed by atoms with E-state index >= 15 is 0 Å². The Balaban J connectivity index is 3.82. The molecule has 0 aliphatic heterocycles. The van der Waals surface area contributed by atoms with Gasteiger partial charge in [0.15, 0.2) is 0 Å². The van der Waals surface area contributed by atoms with E-state index in [0.29, 0.717) is 12.3 Å². The van der Waals surface area contributed by atoms with E-state index < -0.39 is 0 Å². The maximum Gasteiger partial charge on any atom is 0.146 e. The van der Waals surface area contributed by atoms with Crippen LogP contribution in [0, 0.1) is 0 Å². The minimum atomic E-state index is 0.390. The normalized spacial score (nSPS) is 11.4. The van der Waals surface area contributed by atoms with E-state index in [1.165, 1.54) is 0 Å². The van der Waals surface area contributed by atoms with Gasteiger partial charge in [-0.1, -0.05) is 13.8 Å². The van der Waals surface area contributed by atoms with Gasteiger partial charge in [0, 0.05) is 6.42 Å². The van der Waals surface area contributed by atoms with Gasteiger partial charge in [0.25, 0.3) is 0 Å². The summed E-state index contributed by atoms with van der Waals surface area (Å²) in [5, 5.41) is 0. The number of ketones is 1. The van der Waals surface area contributed by atoms with Gasteiger partial charge in [0.1, 0.15) is 5.78 Å². The summed E-state index contributed by atoms with van der Waals surface area (Å²) >= 11 is 0. The minimum absolute atomic E-state index is 0.390. The standard InChI is InChI=1S/C13H28N2O/c1-5-8-13(16)12-15(9-6-2)11-7-10-14(3)4/h5-12H2,1-4H3. The molecule has 0 N–H and O–H groups in total. The van der Waals surface area contributed by atoms with Crippen molar-refractivity contribution < 1.29 is 4.79 Å². The van der Waals surface area contributed by atoms with Crippen molar-refractivity contribution in [2.24, 2.45) is 0 Å². The Morgan fingerprint density at radius 2 is 1.69 bits per heavy atom. The van der Waals surface area contributed by atoms with Crippen molar-refractivity contribution in [3.8, 4) is 0 Å². The molecule has 3 nitrogen and oxygen atoms in total. The molecule has 96 valence electrons. The number of nitrogens with zero attached hydrogens (tertiary/aromatic N) is 2. The number of carbonyl (C=O) groups excluding carboxylic acids is 1. The summed E-state index contributed by atoms with van der Waals surface area (Å²) in [5.41, 5.74) is 0. The second-order valence-corrected chi connectivity index (χ2v) is 4.72. The van der Waals surface area contributed by atoms with Gasteiger partial charge in [-0.15, -0.1) is 0 Å². The monoisotopic (exact) mass is 228 g/mol. The van der Waals surface area contributed by atoms with Crippen LogP contribution in [0.25, 0.3) is 0 Å². The van der Waals surface area contributed by atoms with Crippen LogP contribution >= 0.6 is 0 Å². The predicted molar refractivity (Wildman–Crippen MR) is 69.8 cm³/mol. The molecule has 0 rings (SSSR count). The number of rotatable bonds is 10. The fourth-order valence-electron chi connectivity index (χ4n) is 1.80. The van der Waals surface area contributed by atoms with E-state index in [-0.39, 0.29) is 0 Å². The van der Waals surface area contributed by atoms with Crippen LogP contribution in [0.15, 0.2) is 0 Å². The summed E-state index contributed by atoms with van der Waals surface area (Å²) in [6.45, 7) is 8.07. The topological polar surface area (TPSA) is 23.6 Å². The summed E-state index contributed by atoms with van der Waals surface area (Å²) in [5.74, 6) is 0.390. The maximum atomic E-state index is 11.6. The number of carbonyl (C=O) groups is 1. The van der Waals surface area contributed by atoms with E-state index in [1.807, 2.05) is 0 Å². The van der Waals surface area contributed by atoms with Gasteiger partial charge in [-0.25, -0.2) is 0 Å². The molecule has 0 saturated carbocycles. The van der Waals surface area contributed by atoms with Crippen molar-refractivity contribution in [2.45, 2.75) is 39.5 Å². The van der Waals surface area contributed by atoms with E-state index in [9.17, 15) is 4.79 Å². The lowest BCUT2D eigenvalue weighted by molar-refractivity contribution is -0.120. The highest BCUT2D eigenvalue weighted by Gasteiger charge is 2.08. The predicted octanol–water partition coefficient (Wildman–Crippen LogP) is 2.02. The molecule has 0 radical (unpaired) electrons. The van der Waals surface area contributed by atoms with Crippen LogP contribution in [-0.4, -0.2) is 55.9 Å². The fourth-order valence-corrected chi connectivity index (χ4v) is 1.80. The SMILES string of the molecule is CCCC(=O)CN(CCC)CCCN(C)C. The van der Waals surface area contributed by atoms with Crippen molar-refractivity contribution >= 4 is 5.78 Å². The van der Waals surface area contributed by atoms with E-state index in [0.717, 1.165) is 45.3 Å². The second-order valence-electron chi connectivity index (χ2n) is 4.72. The Bertz CT molecular complexity index is 181. The quantitative estimate of drug-likeness (QED) is 0.571. The van der Waals surface area contributed by atoms with Gasteiger partial charge in [0.05, 0.1) is 6.54 Å². The lowest BCUT2D eigenvalue weighted by Crippen LogP contribution is -2.33. The first-order chi connectivity index (χ1) is 7.60. The molecule has 0 aromatic heterocycles. The first-order valence-corrected chi connectivity index (χ1v) is 6.48. The Morgan fingerprint density at radius 1 is 1.00 bits per heavy atom. The van der Waals surface area contributed by atoms with Crippen LogP contribution in [0.4, 0.5) is 0 Å². The highest BCUT2D eigenvalue weighted by molar-refractivity contribution is 5.80. The molecule has 0 amide bonds. The molecule has 0 aliphatic rings. The van der Waals surface area contributed by atoms with E-state index in [1.54, 1.807) is 0 Å². The third kappa shape index (κ3) is 8.86. The van der Waals surface area contributed by atoms with Crippen LogP contribution in [0.2, 0.25) is 0 Å². The van der Waals surface area contributed by atoms with E-state index in [4.69, 9.17) is 0 Å². The van der Waals surface area contributed by atoms with Crippen LogP contribution < -0.4 is 0 Å². The smallest absolute Gasteiger partial charge is 0.146 e. The van der Waals surface area contributed by atoms with Crippen LogP contribution in [0.3, 0.4) is 0 Å². The number of Topliss-reactive ketones (excluding diaryl/α,β-unsaturated/α-hetero) is 1. The molecule has 16 heavy (non-hydrogen) atoms. The van der Waals surface area contributed by atoms with Crippen LogP contribution in [0.5, 0.6) is 0 Å². The largest absolute Gasteiger partial charge is 0.309 e. The van der Waals surface area contributed by atoms with E-state index in [2.05, 4.69) is 37.7 Å². The summed E-state index contributed by atoms with van der Waals surface area (Å²) in [7, 11) is 4.18. The molecule has 0 aromatic carbocycles. The van der Waals surface area contributed by atoms with Crippen molar-refractivity contribution in [3.63, 3.8) is 0 Å². The Morgan fingerprint density at radius 3 is 2.19 bits per heavy atom. The molecule has 0 atom stereocenters. The Labute approximate surface area is 101 Å². The third-order valence-electron chi connectivity index (χ3n) is 2.55. The third-order valence-corrected chi connectivity index (χ3v) is 2.55. The highest BCUT2D eigenvalue weighted by atomic mass is 16.1. The molecular formula is C13H28N2O. The first kappa shape index (κ1) is 15.6. The van der Waals surface area contributed by atoms with Gasteiger partial charge < -0.3 is 4.90 Å². The molecule has 0 heterocycles. The average Bonchev–Trinajstić information content (AvgIpc) is 2.17. The lowest BCUT2D eigenvalue weighted by Gasteiger charge is -2.21. The zero-order chi connectivity index (χ0) is 12.4. The molecule has 3 heteroatoms. The molecule has 0 unspecified atom stereocenters. The van der Waals surface area contributed by atoms with Crippen LogP contribution in [-0.2, 0) is 4.79 Å². The average molecular weight is 228 g/mol. The summed E-state index contributed by atoms with van der Waals surface area (Å²) in [6.07, 6.45) is 3.97. The van der Waals surface area contributed by atoms with Gasteiger partial charge in [-0.2, -0.15) is 0 Å². The molecule has 0 fully saturated rings. The van der Waals surface area contributed by atoms with Gasteiger partial charge in [-0.05, 0) is 53.0 Å². The zero-order valence-corrected chi connectivity index (χ0v) is 11.5. The van der Waals surface area contributed by atoms with Crippen molar-refractivity contribution in [1.29, 1.82) is 0 Å². The number of hydrogen-bond acceptors (Lipinski definition) is 3. The Kier molecular flexibility index (Phi) is 9.54. The number of hydrogen-bond donors (Lipinski definition) is 0. The van der Waals surface area contributed by atoms with Crippen molar-refractivity contribution in [2.75, 3.05) is 40.3 Å². The lowest BCUT2D eigenvalue weighted by atomic mass is 10.2. The summed E-state index contributed by atoms with van der Waals surface area (Å²) in [4.78, 5) is 16.1. The maximum absolute atomic E-state index is 11.6. The summed E-state index contributed by atoms with van der Waals surface area (Å²) in [6, 6.07) is 0. The van der Waals surface area contributed by atoms with Gasteiger partial charge in [0.2, 0.25) is 0 Å². The van der Waals surface area contributed by atoms with Crippen LogP contribution in [0.1, 0.15) is 39.5 Å². The van der Waals surface area contributed by atoms with Crippen molar-refractivity contribution in [1.82, 2.24) is 9.80 Å². The van der Waals surface area contributed by atoms with Gasteiger partial charge >= 0.3 is 0 Å². The Hall–Kier alpha value is -0.410. The molecule has 0 spiro atoms. The zero-order valence-electron chi connectivity index (χ0n) is 11.5. The fraction of sp³-hybridized carbons (Fsp3) is 0.923. The molecule has 0 saturated heterocycles. The summed E-state index contributed by atoms with van der Waals surface area (Å²) < 4.78 is 0. The molecular weight excluding hydrogens is 200 g/mol. The van der Waals surface area contributed by atoms with Gasteiger partial charge in [-0.3, -0.25) is 9.69 Å². The molecule has 0 aromatic rings. The minimum Gasteiger partial charge on any atom is -0.309 e. The van der Waals surface area contributed by atoms with Crippen molar-refractivity contribution in [3.05, 3.63) is 0 Å². The molecule has 0 aliphatic carbocycles. The first-order valence-electron chi connectivity index (χ1n) is 6.48. The second kappa shape index (κ2) is 9.79. The molecule has 0 bridgehead atoms. The highest BCUT2D eigenvalue weighted by Crippen LogP contribution is 1.98.